The number of hydrogen-bond acceptors (Lipinski definition) is 5. The summed E-state index contributed by atoms with van der Waals surface area (Å²) >= 11 is 0. The molecule has 8 N–H and O–H groups in total. The first-order valence-corrected chi connectivity index (χ1v) is 5.12. The lowest BCUT2D eigenvalue weighted by molar-refractivity contribution is 0.0736. The molecule has 0 aromatic heterocycles. The van der Waals surface area contributed by atoms with E-state index >= 15 is 0 Å². The molecule has 0 heterocycles. The molecule has 1 rings (SSSR count). The van der Waals surface area contributed by atoms with Gasteiger partial charge in [0.15, 0.2) is 0 Å². The van der Waals surface area contributed by atoms with E-state index < -0.39 is 6.10 Å². The van der Waals surface area contributed by atoms with E-state index in [1.165, 1.54) is 0 Å². The molecule has 5 heteroatoms. The lowest BCUT2D eigenvalue weighted by Crippen LogP contribution is -2.52. The summed E-state index contributed by atoms with van der Waals surface area (Å²) in [5.74, 6) is -0.0212. The maximum Gasteiger partial charge on any atom is 0.0841 e. The van der Waals surface area contributed by atoms with Gasteiger partial charge in [-0.25, -0.2) is 0 Å². The first kappa shape index (κ1) is 11.9. The summed E-state index contributed by atoms with van der Waals surface area (Å²) in [6, 6.07) is -0.742. The monoisotopic (exact) mass is 203 g/mol. The summed E-state index contributed by atoms with van der Waals surface area (Å²) in [5, 5.41) is 18.8. The molecule has 5 nitrogen and oxygen atoms in total. The van der Waals surface area contributed by atoms with Crippen molar-refractivity contribution in [1.29, 1.82) is 0 Å². The number of hydrogen-bond donors (Lipinski definition) is 5. The first-order valence-electron chi connectivity index (χ1n) is 5.12. The maximum atomic E-state index is 9.68. The highest BCUT2D eigenvalue weighted by atomic mass is 16.3. The van der Waals surface area contributed by atoms with Crippen LogP contribution in [-0.4, -0.2) is 41.0 Å². The highest BCUT2D eigenvalue weighted by Crippen LogP contribution is 2.20. The van der Waals surface area contributed by atoms with Gasteiger partial charge in [0.05, 0.1) is 6.10 Å². The fraction of sp³-hybridized carbons (Fsp3) is 1.00. The molecule has 0 aromatic rings. The zero-order valence-electron chi connectivity index (χ0n) is 8.34. The fourth-order valence-electron chi connectivity index (χ4n) is 1.98. The van der Waals surface area contributed by atoms with Crippen molar-refractivity contribution in [2.75, 3.05) is 6.61 Å². The van der Waals surface area contributed by atoms with Crippen LogP contribution in [0.3, 0.4) is 0 Å². The van der Waals surface area contributed by atoms with Gasteiger partial charge in [0.2, 0.25) is 0 Å². The summed E-state index contributed by atoms with van der Waals surface area (Å²) in [6.07, 6.45) is 1.24. The van der Waals surface area contributed by atoms with Crippen LogP contribution < -0.4 is 17.2 Å². The Morgan fingerprint density at radius 1 is 1.00 bits per heavy atom. The van der Waals surface area contributed by atoms with Crippen LogP contribution in [0.5, 0.6) is 0 Å². The SMILES string of the molecule is NC1CCC(N)[C@@H](O)C(N)CC1CO. The van der Waals surface area contributed by atoms with Crippen LogP contribution in [0.4, 0.5) is 0 Å². The molecule has 1 fully saturated rings. The highest BCUT2D eigenvalue weighted by Gasteiger charge is 2.30. The third-order valence-corrected chi connectivity index (χ3v) is 3.13. The summed E-state index contributed by atoms with van der Waals surface area (Å²) < 4.78 is 0. The van der Waals surface area contributed by atoms with E-state index in [0.717, 1.165) is 6.42 Å². The third kappa shape index (κ3) is 2.65. The predicted molar refractivity (Wildman–Crippen MR) is 54.4 cm³/mol. The van der Waals surface area contributed by atoms with Crippen molar-refractivity contribution >= 4 is 0 Å². The predicted octanol–water partition coefficient (Wildman–Crippen LogP) is -1.88. The molecule has 1 saturated carbocycles. The lowest BCUT2D eigenvalue weighted by atomic mass is 9.82. The van der Waals surface area contributed by atoms with E-state index in [4.69, 9.17) is 22.3 Å². The van der Waals surface area contributed by atoms with Gasteiger partial charge in [0.1, 0.15) is 0 Å². The van der Waals surface area contributed by atoms with Crippen molar-refractivity contribution in [2.45, 2.75) is 43.5 Å². The Kier molecular flexibility index (Phi) is 4.28. The van der Waals surface area contributed by atoms with E-state index in [1.54, 1.807) is 0 Å². The van der Waals surface area contributed by atoms with Crippen molar-refractivity contribution in [3.05, 3.63) is 0 Å². The second kappa shape index (κ2) is 5.04. The van der Waals surface area contributed by atoms with Crippen molar-refractivity contribution in [1.82, 2.24) is 0 Å². The Morgan fingerprint density at radius 2 is 1.57 bits per heavy atom. The summed E-state index contributed by atoms with van der Waals surface area (Å²) in [4.78, 5) is 0. The third-order valence-electron chi connectivity index (χ3n) is 3.13. The van der Waals surface area contributed by atoms with Gasteiger partial charge in [-0.2, -0.15) is 0 Å². The Morgan fingerprint density at radius 3 is 2.14 bits per heavy atom. The number of rotatable bonds is 1. The first-order chi connectivity index (χ1) is 6.56. The topological polar surface area (TPSA) is 119 Å². The molecule has 4 unspecified atom stereocenters. The van der Waals surface area contributed by atoms with E-state index in [1.807, 2.05) is 0 Å². The zero-order valence-corrected chi connectivity index (χ0v) is 8.34. The van der Waals surface area contributed by atoms with E-state index in [2.05, 4.69) is 0 Å². The summed E-state index contributed by atoms with van der Waals surface area (Å²) in [5.41, 5.74) is 17.4. The molecule has 0 saturated heterocycles. The minimum atomic E-state index is -0.684. The van der Waals surface area contributed by atoms with E-state index in [9.17, 15) is 5.11 Å². The average Bonchev–Trinajstić information content (AvgIpc) is 2.19. The smallest absolute Gasteiger partial charge is 0.0841 e. The van der Waals surface area contributed by atoms with Crippen LogP contribution in [-0.2, 0) is 0 Å². The van der Waals surface area contributed by atoms with Gasteiger partial charge in [0.25, 0.3) is 0 Å². The Hall–Kier alpha value is -0.200. The minimum Gasteiger partial charge on any atom is -0.396 e. The van der Waals surface area contributed by atoms with Crippen LogP contribution in [0.15, 0.2) is 0 Å². The highest BCUT2D eigenvalue weighted by molar-refractivity contribution is 4.89. The van der Waals surface area contributed by atoms with Crippen LogP contribution in [0.1, 0.15) is 19.3 Å². The lowest BCUT2D eigenvalue weighted by Gasteiger charge is -2.33. The second-order valence-corrected chi connectivity index (χ2v) is 4.24. The summed E-state index contributed by atoms with van der Waals surface area (Å²) in [6.45, 7) is 0.0246. The molecule has 0 aliphatic heterocycles. The van der Waals surface area contributed by atoms with Crippen LogP contribution in [0.2, 0.25) is 0 Å². The fourth-order valence-corrected chi connectivity index (χ4v) is 1.98. The molecule has 0 bridgehead atoms. The van der Waals surface area contributed by atoms with Gasteiger partial charge >= 0.3 is 0 Å². The van der Waals surface area contributed by atoms with Crippen molar-refractivity contribution < 1.29 is 10.2 Å². The van der Waals surface area contributed by atoms with E-state index in [-0.39, 0.29) is 30.7 Å². The van der Waals surface area contributed by atoms with Gasteiger partial charge in [-0.15, -0.1) is 0 Å². The Bertz CT molecular complexity index is 179. The normalized spacial score (nSPS) is 45.6. The van der Waals surface area contributed by atoms with E-state index in [0.29, 0.717) is 12.8 Å². The Labute approximate surface area is 84.3 Å². The van der Waals surface area contributed by atoms with Crippen molar-refractivity contribution in [3.63, 3.8) is 0 Å². The zero-order chi connectivity index (χ0) is 10.7. The summed E-state index contributed by atoms with van der Waals surface area (Å²) in [7, 11) is 0. The minimum absolute atomic E-state index is 0.0212. The largest absolute Gasteiger partial charge is 0.396 e. The van der Waals surface area contributed by atoms with Gasteiger partial charge in [-0.3, -0.25) is 0 Å². The molecule has 1 aliphatic rings. The molecule has 14 heavy (non-hydrogen) atoms. The van der Waals surface area contributed by atoms with Crippen LogP contribution in [0, 0.1) is 5.92 Å². The van der Waals surface area contributed by atoms with Crippen LogP contribution >= 0.6 is 0 Å². The van der Waals surface area contributed by atoms with Crippen molar-refractivity contribution in [3.8, 4) is 0 Å². The van der Waals surface area contributed by atoms with Crippen molar-refractivity contribution in [2.24, 2.45) is 23.1 Å². The molecule has 5 atom stereocenters. The number of aliphatic hydroxyl groups is 2. The van der Waals surface area contributed by atoms with Gasteiger partial charge < -0.3 is 27.4 Å². The molecule has 0 radical (unpaired) electrons. The molecule has 0 spiro atoms. The van der Waals surface area contributed by atoms with Gasteiger partial charge in [-0.05, 0) is 25.2 Å². The molecular formula is C9H21N3O2. The van der Waals surface area contributed by atoms with Crippen LogP contribution in [0.25, 0.3) is 0 Å². The quantitative estimate of drug-likeness (QED) is 0.342. The Balaban J connectivity index is 2.62. The number of aliphatic hydroxyl groups excluding tert-OH is 2. The maximum absolute atomic E-state index is 9.68. The average molecular weight is 203 g/mol. The molecule has 0 aromatic carbocycles. The molecule has 0 amide bonds. The number of nitrogens with two attached hydrogens (primary N) is 3. The van der Waals surface area contributed by atoms with Gasteiger partial charge in [-0.1, -0.05) is 0 Å². The van der Waals surface area contributed by atoms with Gasteiger partial charge in [0, 0.05) is 24.7 Å². The molecule has 84 valence electrons. The second-order valence-electron chi connectivity index (χ2n) is 4.24. The standard InChI is InChI=1S/C9H21N3O2/c10-6-1-2-7(11)9(14)8(12)3-5(6)4-13/h5-9,13-14H,1-4,10-12H2/t5?,6?,7?,8?,9-/m1/s1. The molecule has 1 aliphatic carbocycles. The molecular weight excluding hydrogens is 182 g/mol.